The van der Waals surface area contributed by atoms with E-state index in [2.05, 4.69) is 10.3 Å². The zero-order valence-electron chi connectivity index (χ0n) is 13.3. The van der Waals surface area contributed by atoms with Crippen LogP contribution in [-0.2, 0) is 22.4 Å². The highest BCUT2D eigenvalue weighted by Gasteiger charge is 2.48. The highest BCUT2D eigenvalue weighted by Crippen LogP contribution is 2.38. The fourth-order valence-corrected chi connectivity index (χ4v) is 2.94. The molecule has 1 aliphatic carbocycles. The molecule has 5 nitrogen and oxygen atoms in total. The van der Waals surface area contributed by atoms with Crippen molar-refractivity contribution in [3.8, 4) is 0 Å². The topological polar surface area (TPSA) is 79.3 Å². The first kappa shape index (κ1) is 16.2. The van der Waals surface area contributed by atoms with Crippen LogP contribution in [0.5, 0.6) is 0 Å². The van der Waals surface area contributed by atoms with E-state index >= 15 is 0 Å². The van der Waals surface area contributed by atoms with Crippen molar-refractivity contribution in [2.24, 2.45) is 11.8 Å². The monoisotopic (exact) mass is 324 g/mol. The van der Waals surface area contributed by atoms with Crippen LogP contribution in [0.1, 0.15) is 17.5 Å². The largest absolute Gasteiger partial charge is 0.481 e. The Morgan fingerprint density at radius 2 is 1.79 bits per heavy atom. The number of carboxylic acids is 1. The molecule has 1 unspecified atom stereocenters. The third-order valence-electron chi connectivity index (χ3n) is 4.32. The lowest BCUT2D eigenvalue weighted by atomic mass is 9.99. The summed E-state index contributed by atoms with van der Waals surface area (Å²) in [6.45, 7) is 0. The van der Waals surface area contributed by atoms with Crippen LogP contribution >= 0.6 is 0 Å². The molecule has 1 aromatic heterocycles. The molecule has 0 saturated heterocycles. The van der Waals surface area contributed by atoms with E-state index in [-0.39, 0.29) is 11.9 Å². The molecule has 1 aliphatic rings. The van der Waals surface area contributed by atoms with Gasteiger partial charge in [0.15, 0.2) is 0 Å². The summed E-state index contributed by atoms with van der Waals surface area (Å²) in [5.41, 5.74) is 2.18. The molecule has 1 amide bonds. The number of carbonyl (C=O) groups is 2. The van der Waals surface area contributed by atoms with Crippen molar-refractivity contribution in [1.82, 2.24) is 10.3 Å². The average Bonchev–Trinajstić information content (AvgIpc) is 3.38. The van der Waals surface area contributed by atoms with Gasteiger partial charge in [0.2, 0.25) is 5.91 Å². The third-order valence-corrected chi connectivity index (χ3v) is 4.32. The number of nitrogens with one attached hydrogen (secondary N) is 1. The molecule has 0 spiro atoms. The van der Waals surface area contributed by atoms with Crippen LogP contribution < -0.4 is 5.32 Å². The Morgan fingerprint density at radius 3 is 2.42 bits per heavy atom. The second-order valence-corrected chi connectivity index (χ2v) is 6.25. The van der Waals surface area contributed by atoms with Gasteiger partial charge in [0.25, 0.3) is 0 Å². The summed E-state index contributed by atoms with van der Waals surface area (Å²) in [6.07, 6.45) is 5.31. The predicted octanol–water partition coefficient (Wildman–Crippen LogP) is 2.07. The van der Waals surface area contributed by atoms with E-state index in [1.165, 1.54) is 0 Å². The van der Waals surface area contributed by atoms with Crippen molar-refractivity contribution in [3.05, 3.63) is 66.0 Å². The normalized spacial score (nSPS) is 20.2. The first-order chi connectivity index (χ1) is 11.6. The van der Waals surface area contributed by atoms with Gasteiger partial charge in [-0.05, 0) is 36.5 Å². The molecule has 1 fully saturated rings. The van der Waals surface area contributed by atoms with E-state index < -0.39 is 17.8 Å². The van der Waals surface area contributed by atoms with Crippen molar-refractivity contribution in [2.45, 2.75) is 25.3 Å². The second kappa shape index (κ2) is 7.25. The molecule has 0 aliphatic heterocycles. The number of pyridine rings is 1. The molecular weight excluding hydrogens is 304 g/mol. The van der Waals surface area contributed by atoms with Crippen LogP contribution in [0, 0.1) is 11.8 Å². The SMILES string of the molecule is O=C(O)[C@@H]1C[C@H]1C(=O)NC(Cc1ccccc1)Cc1cccnc1. The standard InChI is InChI=1S/C19H20N2O3/c22-18(16-11-17(16)19(23)24)21-15(9-13-5-2-1-3-6-13)10-14-7-4-8-20-12-14/h1-8,12,15-17H,9-11H2,(H,21,22)(H,23,24)/t15?,16-,17-/m1/s1. The number of hydrogen-bond donors (Lipinski definition) is 2. The summed E-state index contributed by atoms with van der Waals surface area (Å²) < 4.78 is 0. The maximum absolute atomic E-state index is 12.3. The summed E-state index contributed by atoms with van der Waals surface area (Å²) in [4.78, 5) is 27.4. The van der Waals surface area contributed by atoms with E-state index in [0.717, 1.165) is 11.1 Å². The summed E-state index contributed by atoms with van der Waals surface area (Å²) >= 11 is 0. The molecule has 2 N–H and O–H groups in total. The molecule has 5 heteroatoms. The van der Waals surface area contributed by atoms with E-state index in [0.29, 0.717) is 19.3 Å². The fraction of sp³-hybridized carbons (Fsp3) is 0.316. The molecule has 3 rings (SSSR count). The van der Waals surface area contributed by atoms with Gasteiger partial charge in [-0.1, -0.05) is 36.4 Å². The number of aromatic nitrogens is 1. The van der Waals surface area contributed by atoms with Gasteiger partial charge >= 0.3 is 5.97 Å². The van der Waals surface area contributed by atoms with E-state index in [4.69, 9.17) is 5.11 Å². The first-order valence-electron chi connectivity index (χ1n) is 8.09. The second-order valence-electron chi connectivity index (χ2n) is 6.25. The fourth-order valence-electron chi connectivity index (χ4n) is 2.94. The van der Waals surface area contributed by atoms with Crippen LogP contribution in [0.25, 0.3) is 0 Å². The van der Waals surface area contributed by atoms with Gasteiger partial charge in [0.05, 0.1) is 11.8 Å². The summed E-state index contributed by atoms with van der Waals surface area (Å²) in [5, 5.41) is 12.0. The number of nitrogens with zero attached hydrogens (tertiary/aromatic N) is 1. The van der Waals surface area contributed by atoms with Crippen LogP contribution in [0.15, 0.2) is 54.9 Å². The Kier molecular flexibility index (Phi) is 4.89. The molecule has 0 radical (unpaired) electrons. The van der Waals surface area contributed by atoms with Crippen LogP contribution in [0.2, 0.25) is 0 Å². The highest BCUT2D eigenvalue weighted by atomic mass is 16.4. The van der Waals surface area contributed by atoms with Crippen molar-refractivity contribution in [2.75, 3.05) is 0 Å². The Morgan fingerprint density at radius 1 is 1.08 bits per heavy atom. The number of carbonyl (C=O) groups excluding carboxylic acids is 1. The minimum atomic E-state index is -0.887. The molecule has 0 bridgehead atoms. The van der Waals surface area contributed by atoms with E-state index in [1.807, 2.05) is 42.5 Å². The van der Waals surface area contributed by atoms with Gasteiger partial charge in [-0.15, -0.1) is 0 Å². The van der Waals surface area contributed by atoms with Gasteiger partial charge in [-0.25, -0.2) is 0 Å². The van der Waals surface area contributed by atoms with Crippen molar-refractivity contribution in [3.63, 3.8) is 0 Å². The minimum Gasteiger partial charge on any atom is -0.481 e. The quantitative estimate of drug-likeness (QED) is 0.817. The molecule has 1 aromatic carbocycles. The molecular formula is C19H20N2O3. The van der Waals surface area contributed by atoms with E-state index in [1.54, 1.807) is 12.4 Å². The Balaban J connectivity index is 1.67. The number of rotatable bonds is 7. The number of amides is 1. The smallest absolute Gasteiger partial charge is 0.307 e. The van der Waals surface area contributed by atoms with Crippen molar-refractivity contribution >= 4 is 11.9 Å². The maximum atomic E-state index is 12.3. The highest BCUT2D eigenvalue weighted by molar-refractivity contribution is 5.89. The van der Waals surface area contributed by atoms with Gasteiger partial charge in [-0.2, -0.15) is 0 Å². The maximum Gasteiger partial charge on any atom is 0.307 e. The molecule has 1 saturated carbocycles. The van der Waals surface area contributed by atoms with Crippen molar-refractivity contribution < 1.29 is 14.7 Å². The van der Waals surface area contributed by atoms with Crippen LogP contribution in [0.3, 0.4) is 0 Å². The molecule has 1 heterocycles. The summed E-state index contributed by atoms with van der Waals surface area (Å²) in [6, 6.07) is 13.7. The molecule has 24 heavy (non-hydrogen) atoms. The summed E-state index contributed by atoms with van der Waals surface area (Å²) in [7, 11) is 0. The van der Waals surface area contributed by atoms with Crippen LogP contribution in [0.4, 0.5) is 0 Å². The number of aliphatic carboxylic acids is 1. The summed E-state index contributed by atoms with van der Waals surface area (Å²) in [5.74, 6) is -1.97. The Bertz CT molecular complexity index is 662. The van der Waals surface area contributed by atoms with E-state index in [9.17, 15) is 9.59 Å². The Labute approximate surface area is 140 Å². The van der Waals surface area contributed by atoms with Gasteiger partial charge in [0, 0.05) is 18.4 Å². The zero-order chi connectivity index (χ0) is 16.9. The minimum absolute atomic E-state index is 0.0841. The van der Waals surface area contributed by atoms with Gasteiger partial charge in [0.1, 0.15) is 0 Å². The van der Waals surface area contributed by atoms with Crippen LogP contribution in [-0.4, -0.2) is 28.0 Å². The molecule has 3 atom stereocenters. The zero-order valence-corrected chi connectivity index (χ0v) is 13.3. The molecule has 2 aromatic rings. The number of hydrogen-bond acceptors (Lipinski definition) is 3. The molecule has 124 valence electrons. The van der Waals surface area contributed by atoms with Crippen molar-refractivity contribution in [1.29, 1.82) is 0 Å². The predicted molar refractivity (Wildman–Crippen MR) is 89.3 cm³/mol. The van der Waals surface area contributed by atoms with Gasteiger partial charge < -0.3 is 10.4 Å². The third kappa shape index (κ3) is 4.19. The number of carboxylic acid groups (broad SMARTS) is 1. The average molecular weight is 324 g/mol. The Hall–Kier alpha value is -2.69. The number of benzene rings is 1. The first-order valence-corrected chi connectivity index (χ1v) is 8.09. The lowest BCUT2D eigenvalue weighted by molar-refractivity contribution is -0.140. The lowest BCUT2D eigenvalue weighted by Gasteiger charge is -2.19. The van der Waals surface area contributed by atoms with Gasteiger partial charge in [-0.3, -0.25) is 14.6 Å². The lowest BCUT2D eigenvalue weighted by Crippen LogP contribution is -2.39.